The molecule has 114 valence electrons. The van der Waals surface area contributed by atoms with Crippen LogP contribution in [0.4, 0.5) is 0 Å². The van der Waals surface area contributed by atoms with E-state index in [4.69, 9.17) is 4.74 Å². The lowest BCUT2D eigenvalue weighted by Crippen LogP contribution is -2.46. The Labute approximate surface area is 121 Å². The normalized spacial score (nSPS) is 25.4. The van der Waals surface area contributed by atoms with E-state index in [9.17, 15) is 9.90 Å². The van der Waals surface area contributed by atoms with Gasteiger partial charge in [-0.3, -0.25) is 9.69 Å². The number of hydrogen-bond donors (Lipinski definition) is 1. The molecule has 20 heavy (non-hydrogen) atoms. The van der Waals surface area contributed by atoms with Crippen molar-refractivity contribution in [2.24, 2.45) is 5.92 Å². The van der Waals surface area contributed by atoms with Crippen molar-refractivity contribution in [3.8, 4) is 0 Å². The lowest BCUT2D eigenvalue weighted by atomic mass is 9.93. The molecule has 5 nitrogen and oxygen atoms in total. The Balaban J connectivity index is 1.73. The number of ether oxygens (including phenoxy) is 1. The monoisotopic (exact) mass is 282 g/mol. The fraction of sp³-hybridized carbons (Fsp3) is 0.800. The van der Waals surface area contributed by atoms with Gasteiger partial charge in [-0.2, -0.15) is 0 Å². The average Bonchev–Trinajstić information content (AvgIpc) is 2.48. The van der Waals surface area contributed by atoms with Crippen molar-refractivity contribution in [3.63, 3.8) is 0 Å². The van der Waals surface area contributed by atoms with Crippen molar-refractivity contribution < 1.29 is 14.6 Å². The Morgan fingerprint density at radius 3 is 2.85 bits per heavy atom. The van der Waals surface area contributed by atoms with Crippen LogP contribution in [0.3, 0.4) is 0 Å². The van der Waals surface area contributed by atoms with Crippen LogP contribution >= 0.6 is 0 Å². The Hall–Kier alpha value is -0.910. The molecule has 0 bridgehead atoms. The van der Waals surface area contributed by atoms with E-state index in [1.54, 1.807) is 11.9 Å². The summed E-state index contributed by atoms with van der Waals surface area (Å²) in [4.78, 5) is 16.2. The molecule has 0 spiro atoms. The number of aliphatic hydroxyl groups excluding tert-OH is 1. The summed E-state index contributed by atoms with van der Waals surface area (Å²) in [5.41, 5.74) is 0. The highest BCUT2D eigenvalue weighted by molar-refractivity contribution is 5.78. The first-order valence-electron chi connectivity index (χ1n) is 7.55. The molecule has 0 aromatic rings. The van der Waals surface area contributed by atoms with Crippen LogP contribution in [0.1, 0.15) is 19.3 Å². The molecule has 2 unspecified atom stereocenters. The zero-order valence-corrected chi connectivity index (χ0v) is 12.3. The molecule has 1 N–H and O–H groups in total. The van der Waals surface area contributed by atoms with Crippen molar-refractivity contribution in [3.05, 3.63) is 12.2 Å². The number of allylic oxidation sites excluding steroid dienone is 2. The smallest absolute Gasteiger partial charge is 0.225 e. The highest BCUT2D eigenvalue weighted by atomic mass is 16.5. The van der Waals surface area contributed by atoms with E-state index in [0.29, 0.717) is 13.1 Å². The lowest BCUT2D eigenvalue weighted by Gasteiger charge is -2.31. The predicted octanol–water partition coefficient (Wildman–Crippen LogP) is 0.494. The second kappa shape index (κ2) is 7.76. The molecule has 0 aromatic heterocycles. The second-order valence-electron chi connectivity index (χ2n) is 5.77. The minimum atomic E-state index is -0.485. The van der Waals surface area contributed by atoms with E-state index in [1.807, 2.05) is 0 Å². The lowest BCUT2D eigenvalue weighted by molar-refractivity contribution is -0.136. The summed E-state index contributed by atoms with van der Waals surface area (Å²) in [6.07, 6.45) is 6.49. The molecule has 2 aliphatic rings. The number of carbonyl (C=O) groups excluding carboxylic acids is 1. The van der Waals surface area contributed by atoms with Crippen LogP contribution in [-0.4, -0.2) is 73.4 Å². The Bertz CT molecular complexity index is 340. The first-order valence-corrected chi connectivity index (χ1v) is 7.55. The number of amides is 1. The van der Waals surface area contributed by atoms with Crippen molar-refractivity contribution in [1.82, 2.24) is 9.80 Å². The summed E-state index contributed by atoms with van der Waals surface area (Å²) >= 11 is 0. The van der Waals surface area contributed by atoms with E-state index in [1.165, 1.54) is 0 Å². The third kappa shape index (κ3) is 4.58. The Morgan fingerprint density at radius 1 is 1.45 bits per heavy atom. The van der Waals surface area contributed by atoms with Gasteiger partial charge in [-0.05, 0) is 19.3 Å². The molecule has 0 radical (unpaired) electrons. The summed E-state index contributed by atoms with van der Waals surface area (Å²) in [5, 5.41) is 10.1. The number of carbonyl (C=O) groups is 1. The zero-order valence-electron chi connectivity index (χ0n) is 12.3. The molecule has 2 rings (SSSR count). The first-order chi connectivity index (χ1) is 9.66. The standard InChI is InChI=1S/C15H26N2O3/c1-16(15(19)13-5-3-2-4-6-13)11-14(18)12-17-7-9-20-10-8-17/h2-3,13-14,18H,4-12H2,1H3. The molecule has 0 aromatic carbocycles. The number of hydrogen-bond acceptors (Lipinski definition) is 4. The Morgan fingerprint density at radius 2 is 2.20 bits per heavy atom. The molecule has 2 atom stereocenters. The van der Waals surface area contributed by atoms with Crippen LogP contribution < -0.4 is 0 Å². The van der Waals surface area contributed by atoms with Gasteiger partial charge in [0.1, 0.15) is 0 Å². The quantitative estimate of drug-likeness (QED) is 0.746. The van der Waals surface area contributed by atoms with Gasteiger partial charge in [0.05, 0.1) is 19.3 Å². The number of rotatable bonds is 5. The van der Waals surface area contributed by atoms with Gasteiger partial charge in [0.2, 0.25) is 5.91 Å². The Kier molecular flexibility index (Phi) is 6.01. The minimum Gasteiger partial charge on any atom is -0.390 e. The summed E-state index contributed by atoms with van der Waals surface area (Å²) < 4.78 is 5.29. The van der Waals surface area contributed by atoms with Crippen molar-refractivity contribution in [2.75, 3.05) is 46.4 Å². The minimum absolute atomic E-state index is 0.0978. The third-order valence-corrected chi connectivity index (χ3v) is 4.05. The van der Waals surface area contributed by atoms with Gasteiger partial charge in [-0.1, -0.05) is 12.2 Å². The molecule has 1 saturated heterocycles. The molecule has 1 heterocycles. The van der Waals surface area contributed by atoms with Crippen LogP contribution in [0.2, 0.25) is 0 Å². The number of morpholine rings is 1. The summed E-state index contributed by atoms with van der Waals surface area (Å²) in [6, 6.07) is 0. The van der Waals surface area contributed by atoms with E-state index in [0.717, 1.165) is 45.6 Å². The average molecular weight is 282 g/mol. The maximum absolute atomic E-state index is 12.3. The highest BCUT2D eigenvalue weighted by Gasteiger charge is 2.24. The first kappa shape index (κ1) is 15.5. The van der Waals surface area contributed by atoms with Crippen molar-refractivity contribution in [2.45, 2.75) is 25.4 Å². The molecule has 1 amide bonds. The summed E-state index contributed by atoms with van der Waals surface area (Å²) in [5.74, 6) is 0.260. The molecule has 0 saturated carbocycles. The highest BCUT2D eigenvalue weighted by Crippen LogP contribution is 2.20. The number of β-amino-alcohol motifs (C(OH)–C–C–N with tert-alkyl or cyclic N) is 1. The largest absolute Gasteiger partial charge is 0.390 e. The topological polar surface area (TPSA) is 53.0 Å². The van der Waals surface area contributed by atoms with Gasteiger partial charge in [-0.25, -0.2) is 0 Å². The van der Waals surface area contributed by atoms with Gasteiger partial charge in [0.25, 0.3) is 0 Å². The summed E-state index contributed by atoms with van der Waals surface area (Å²) in [7, 11) is 1.79. The predicted molar refractivity (Wildman–Crippen MR) is 77.4 cm³/mol. The van der Waals surface area contributed by atoms with E-state index >= 15 is 0 Å². The van der Waals surface area contributed by atoms with E-state index in [-0.39, 0.29) is 11.8 Å². The number of likely N-dealkylation sites (N-methyl/N-ethyl adjacent to an activating group) is 1. The molecule has 1 fully saturated rings. The van der Waals surface area contributed by atoms with Gasteiger partial charge in [0.15, 0.2) is 0 Å². The molecular weight excluding hydrogens is 256 g/mol. The number of aliphatic hydroxyl groups is 1. The number of nitrogens with zero attached hydrogens (tertiary/aromatic N) is 2. The maximum atomic E-state index is 12.3. The van der Waals surface area contributed by atoms with E-state index < -0.39 is 6.10 Å². The molecule has 1 aliphatic carbocycles. The fourth-order valence-electron chi connectivity index (χ4n) is 2.88. The molecular formula is C15H26N2O3. The van der Waals surface area contributed by atoms with Crippen molar-refractivity contribution >= 4 is 5.91 Å². The van der Waals surface area contributed by atoms with Crippen LogP contribution in [0, 0.1) is 5.92 Å². The molecule has 1 aliphatic heterocycles. The fourth-order valence-corrected chi connectivity index (χ4v) is 2.88. The van der Waals surface area contributed by atoms with Gasteiger partial charge in [-0.15, -0.1) is 0 Å². The van der Waals surface area contributed by atoms with Crippen LogP contribution in [0.15, 0.2) is 12.2 Å². The van der Waals surface area contributed by atoms with Gasteiger partial charge >= 0.3 is 0 Å². The van der Waals surface area contributed by atoms with Crippen molar-refractivity contribution in [1.29, 1.82) is 0 Å². The van der Waals surface area contributed by atoms with Crippen LogP contribution in [0.5, 0.6) is 0 Å². The SMILES string of the molecule is CN(CC(O)CN1CCOCC1)C(=O)C1CC=CCC1. The van der Waals surface area contributed by atoms with Crippen LogP contribution in [0.25, 0.3) is 0 Å². The summed E-state index contributed by atoms with van der Waals surface area (Å²) in [6.45, 7) is 4.22. The molecule has 5 heteroatoms. The van der Waals surface area contributed by atoms with Crippen LogP contribution in [-0.2, 0) is 9.53 Å². The second-order valence-corrected chi connectivity index (χ2v) is 5.77. The van der Waals surface area contributed by atoms with Gasteiger partial charge in [0, 0.05) is 39.1 Å². The maximum Gasteiger partial charge on any atom is 0.225 e. The van der Waals surface area contributed by atoms with Gasteiger partial charge < -0.3 is 14.7 Å². The van der Waals surface area contributed by atoms with E-state index in [2.05, 4.69) is 17.1 Å². The zero-order chi connectivity index (χ0) is 14.4. The third-order valence-electron chi connectivity index (χ3n) is 4.05.